The number of oxime groups is 1. The van der Waals surface area contributed by atoms with Crippen molar-refractivity contribution in [2.75, 3.05) is 5.88 Å². The lowest BCUT2D eigenvalue weighted by molar-refractivity contribution is 0.0848. The maximum absolute atomic E-state index is 5.73. The number of halogens is 1. The summed E-state index contributed by atoms with van der Waals surface area (Å²) in [5.41, 5.74) is 4.70. The van der Waals surface area contributed by atoms with Gasteiger partial charge in [-0.15, -0.1) is 11.6 Å². The molecular formula is C12H14ClNO. The van der Waals surface area contributed by atoms with Gasteiger partial charge in [-0.3, -0.25) is 0 Å². The monoisotopic (exact) mass is 223 g/mol. The quantitative estimate of drug-likeness (QED) is 0.705. The molecule has 0 spiro atoms. The largest absolute Gasteiger partial charge is 0.387 e. The second-order valence-electron chi connectivity index (χ2n) is 3.89. The summed E-state index contributed by atoms with van der Waals surface area (Å²) < 4.78 is 0. The predicted octanol–water partition coefficient (Wildman–Crippen LogP) is 3.36. The second-order valence-corrected chi connectivity index (χ2v) is 4.16. The van der Waals surface area contributed by atoms with E-state index < -0.39 is 0 Å². The zero-order valence-corrected chi connectivity index (χ0v) is 9.71. The lowest BCUT2D eigenvalue weighted by Gasteiger charge is -2.14. The summed E-state index contributed by atoms with van der Waals surface area (Å²) >= 11 is 5.73. The Bertz CT molecular complexity index is 380. The molecule has 1 heterocycles. The number of alkyl halides is 1. The molecule has 0 N–H and O–H groups in total. The smallest absolute Gasteiger partial charge is 0.158 e. The van der Waals surface area contributed by atoms with Crippen LogP contribution in [-0.2, 0) is 4.84 Å². The number of hydrogen-bond acceptors (Lipinski definition) is 2. The van der Waals surface area contributed by atoms with Gasteiger partial charge < -0.3 is 4.84 Å². The van der Waals surface area contributed by atoms with Gasteiger partial charge >= 0.3 is 0 Å². The van der Waals surface area contributed by atoms with Crippen LogP contribution < -0.4 is 0 Å². The summed E-state index contributed by atoms with van der Waals surface area (Å²) in [5, 5.41) is 3.98. The van der Waals surface area contributed by atoms with Crippen LogP contribution in [0.5, 0.6) is 0 Å². The van der Waals surface area contributed by atoms with Crippen LogP contribution in [0.25, 0.3) is 0 Å². The maximum atomic E-state index is 5.73. The number of hydrogen-bond donors (Lipinski definition) is 0. The van der Waals surface area contributed by atoms with Gasteiger partial charge in [-0.25, -0.2) is 0 Å². The van der Waals surface area contributed by atoms with Crippen molar-refractivity contribution in [3.8, 4) is 0 Å². The minimum absolute atomic E-state index is 0.0555. The van der Waals surface area contributed by atoms with E-state index in [4.69, 9.17) is 16.4 Å². The zero-order chi connectivity index (χ0) is 10.8. The second kappa shape index (κ2) is 4.23. The molecule has 0 saturated carbocycles. The Morgan fingerprint density at radius 2 is 2.07 bits per heavy atom. The molecule has 1 aliphatic heterocycles. The Balaban J connectivity index is 2.25. The van der Waals surface area contributed by atoms with E-state index in [9.17, 15) is 0 Å². The van der Waals surface area contributed by atoms with Gasteiger partial charge in [0, 0.05) is 12.0 Å². The molecule has 3 heteroatoms. The zero-order valence-electron chi connectivity index (χ0n) is 8.96. The van der Waals surface area contributed by atoms with Crippen LogP contribution >= 0.6 is 11.6 Å². The average Bonchev–Trinajstić information content (AvgIpc) is 2.66. The van der Waals surface area contributed by atoms with Gasteiger partial charge in [0.2, 0.25) is 0 Å². The van der Waals surface area contributed by atoms with Gasteiger partial charge in [-0.05, 0) is 25.0 Å². The minimum Gasteiger partial charge on any atom is -0.387 e. The minimum atomic E-state index is 0.0555. The molecule has 0 radical (unpaired) electrons. The van der Waals surface area contributed by atoms with Crippen LogP contribution in [0.3, 0.4) is 0 Å². The normalized spacial score (nSPS) is 19.9. The molecule has 1 aliphatic rings. The first kappa shape index (κ1) is 10.5. The molecule has 1 atom stereocenters. The SMILES string of the molecule is Cc1cccc(C)c1C1CC(CCl)=NO1. The van der Waals surface area contributed by atoms with Crippen LogP contribution in [0.2, 0.25) is 0 Å². The third kappa shape index (κ3) is 2.00. The fourth-order valence-corrected chi connectivity index (χ4v) is 2.15. The lowest BCUT2D eigenvalue weighted by Crippen LogP contribution is -2.04. The molecule has 0 bridgehead atoms. The highest BCUT2D eigenvalue weighted by molar-refractivity contribution is 6.28. The first-order valence-corrected chi connectivity index (χ1v) is 5.59. The highest BCUT2D eigenvalue weighted by Crippen LogP contribution is 2.31. The predicted molar refractivity (Wildman–Crippen MR) is 62.5 cm³/mol. The van der Waals surface area contributed by atoms with Gasteiger partial charge in [0.05, 0.1) is 11.6 Å². The first-order valence-electron chi connectivity index (χ1n) is 5.06. The molecule has 80 valence electrons. The van der Waals surface area contributed by atoms with E-state index in [1.165, 1.54) is 16.7 Å². The summed E-state index contributed by atoms with van der Waals surface area (Å²) in [6.45, 7) is 4.20. The van der Waals surface area contributed by atoms with Crippen molar-refractivity contribution in [1.82, 2.24) is 0 Å². The van der Waals surface area contributed by atoms with Crippen LogP contribution in [0.15, 0.2) is 23.4 Å². The van der Waals surface area contributed by atoms with Crippen LogP contribution in [0.4, 0.5) is 0 Å². The van der Waals surface area contributed by atoms with E-state index in [-0.39, 0.29) is 6.10 Å². The van der Waals surface area contributed by atoms with Crippen molar-refractivity contribution in [2.24, 2.45) is 5.16 Å². The molecule has 1 unspecified atom stereocenters. The van der Waals surface area contributed by atoms with Crippen LogP contribution in [0, 0.1) is 13.8 Å². The topological polar surface area (TPSA) is 21.6 Å². The third-order valence-corrected chi connectivity index (χ3v) is 3.06. The van der Waals surface area contributed by atoms with Gasteiger partial charge in [0.1, 0.15) is 0 Å². The van der Waals surface area contributed by atoms with E-state index in [1.807, 2.05) is 0 Å². The summed E-state index contributed by atoms with van der Waals surface area (Å²) in [4.78, 5) is 5.41. The molecule has 2 nitrogen and oxygen atoms in total. The Kier molecular flexibility index (Phi) is 2.96. The van der Waals surface area contributed by atoms with Crippen molar-refractivity contribution in [1.29, 1.82) is 0 Å². The summed E-state index contributed by atoms with van der Waals surface area (Å²) in [5.74, 6) is 0.460. The third-order valence-electron chi connectivity index (χ3n) is 2.75. The first-order chi connectivity index (χ1) is 7.22. The Labute approximate surface area is 94.9 Å². The molecule has 0 fully saturated rings. The van der Waals surface area contributed by atoms with E-state index in [0.717, 1.165) is 12.1 Å². The van der Waals surface area contributed by atoms with E-state index in [0.29, 0.717) is 5.88 Å². The van der Waals surface area contributed by atoms with Crippen LogP contribution in [0.1, 0.15) is 29.2 Å². The molecule has 0 saturated heterocycles. The fourth-order valence-electron chi connectivity index (χ4n) is 2.00. The van der Waals surface area contributed by atoms with Gasteiger partial charge in [-0.2, -0.15) is 0 Å². The molecule has 0 aromatic heterocycles. The molecule has 1 aromatic rings. The Morgan fingerprint density at radius 3 is 2.60 bits per heavy atom. The van der Waals surface area contributed by atoms with Crippen molar-refractivity contribution in [3.05, 3.63) is 34.9 Å². The number of aryl methyl sites for hydroxylation is 2. The van der Waals surface area contributed by atoms with E-state index >= 15 is 0 Å². The number of nitrogens with zero attached hydrogens (tertiary/aromatic N) is 1. The van der Waals surface area contributed by atoms with E-state index in [2.05, 4.69) is 37.2 Å². The summed E-state index contributed by atoms with van der Waals surface area (Å²) in [7, 11) is 0. The molecule has 0 aliphatic carbocycles. The average molecular weight is 224 g/mol. The van der Waals surface area contributed by atoms with Crippen LogP contribution in [-0.4, -0.2) is 11.6 Å². The highest BCUT2D eigenvalue weighted by Gasteiger charge is 2.24. The van der Waals surface area contributed by atoms with Crippen molar-refractivity contribution in [2.45, 2.75) is 26.4 Å². The highest BCUT2D eigenvalue weighted by atomic mass is 35.5. The molecule has 1 aromatic carbocycles. The van der Waals surface area contributed by atoms with Crippen molar-refractivity contribution in [3.63, 3.8) is 0 Å². The van der Waals surface area contributed by atoms with Gasteiger partial charge in [0.25, 0.3) is 0 Å². The molecule has 2 rings (SSSR count). The van der Waals surface area contributed by atoms with Gasteiger partial charge in [0.15, 0.2) is 6.10 Å². The van der Waals surface area contributed by atoms with Crippen molar-refractivity contribution < 1.29 is 4.84 Å². The Morgan fingerprint density at radius 1 is 1.40 bits per heavy atom. The molecule has 15 heavy (non-hydrogen) atoms. The number of benzene rings is 1. The van der Waals surface area contributed by atoms with E-state index in [1.54, 1.807) is 0 Å². The molecule has 0 amide bonds. The lowest BCUT2D eigenvalue weighted by atomic mass is 9.95. The number of rotatable bonds is 2. The van der Waals surface area contributed by atoms with Gasteiger partial charge in [-0.1, -0.05) is 23.4 Å². The van der Waals surface area contributed by atoms with Crippen molar-refractivity contribution >= 4 is 17.3 Å². The standard InChI is InChI=1S/C12H14ClNO/c1-8-4-3-5-9(2)12(8)11-6-10(7-13)14-15-11/h3-5,11H,6-7H2,1-2H3. The maximum Gasteiger partial charge on any atom is 0.158 e. The fraction of sp³-hybridized carbons (Fsp3) is 0.417. The Hall–Kier alpha value is -1.02. The molecular weight excluding hydrogens is 210 g/mol. The summed E-state index contributed by atoms with van der Waals surface area (Å²) in [6.07, 6.45) is 0.870. The summed E-state index contributed by atoms with van der Waals surface area (Å²) in [6, 6.07) is 6.27.